The van der Waals surface area contributed by atoms with Crippen molar-refractivity contribution in [3.8, 4) is 0 Å². The molecule has 4 nitrogen and oxygen atoms in total. The summed E-state index contributed by atoms with van der Waals surface area (Å²) < 4.78 is 9.58. The molecule has 1 unspecified atom stereocenters. The Labute approximate surface area is 99.2 Å². The van der Waals surface area contributed by atoms with E-state index >= 15 is 0 Å². The van der Waals surface area contributed by atoms with E-state index in [1.54, 1.807) is 0 Å². The van der Waals surface area contributed by atoms with Crippen LogP contribution in [0.1, 0.15) is 31.4 Å². The minimum absolute atomic E-state index is 0.0548. The molecule has 1 aromatic heterocycles. The average molecular weight is 240 g/mol. The van der Waals surface area contributed by atoms with Crippen LogP contribution in [0.25, 0.3) is 0 Å². The smallest absolute Gasteiger partial charge is 0.225 e. The maximum absolute atomic E-state index is 11.6. The highest BCUT2D eigenvalue weighted by Gasteiger charge is 2.16. The lowest BCUT2D eigenvalue weighted by Crippen LogP contribution is -2.14. The molecule has 0 radical (unpaired) electrons. The Bertz CT molecular complexity index is 359. The predicted molar refractivity (Wildman–Crippen MR) is 63.7 cm³/mol. The van der Waals surface area contributed by atoms with Crippen molar-refractivity contribution in [2.45, 2.75) is 38.7 Å². The number of carbonyl (C=O) groups is 1. The van der Waals surface area contributed by atoms with E-state index in [0.29, 0.717) is 6.42 Å². The summed E-state index contributed by atoms with van der Waals surface area (Å²) in [5.74, 6) is 0.0548. The Kier molecular flexibility index (Phi) is 3.90. The summed E-state index contributed by atoms with van der Waals surface area (Å²) in [5, 5.41) is 3.68. The third-order valence-corrected chi connectivity index (χ3v) is 3.40. The van der Waals surface area contributed by atoms with Crippen LogP contribution in [-0.2, 0) is 9.53 Å². The zero-order valence-corrected chi connectivity index (χ0v) is 10.2. The minimum atomic E-state index is 0.0548. The van der Waals surface area contributed by atoms with Crippen LogP contribution in [-0.4, -0.2) is 23.0 Å². The zero-order valence-electron chi connectivity index (χ0n) is 9.36. The van der Waals surface area contributed by atoms with Crippen molar-refractivity contribution in [2.24, 2.45) is 0 Å². The number of ether oxygens (including phenoxy) is 1. The number of carbonyl (C=O) groups excluding carboxylic acids is 1. The van der Waals surface area contributed by atoms with Gasteiger partial charge in [-0.3, -0.25) is 4.79 Å². The van der Waals surface area contributed by atoms with Gasteiger partial charge in [0.1, 0.15) is 5.00 Å². The van der Waals surface area contributed by atoms with Crippen LogP contribution in [0.4, 0.5) is 5.00 Å². The number of aromatic nitrogens is 1. The summed E-state index contributed by atoms with van der Waals surface area (Å²) in [6, 6.07) is 1.88. The van der Waals surface area contributed by atoms with Crippen molar-refractivity contribution in [3.63, 3.8) is 0 Å². The number of nitrogens with zero attached hydrogens (tertiary/aromatic N) is 1. The van der Waals surface area contributed by atoms with Gasteiger partial charge in [0.05, 0.1) is 11.8 Å². The number of aryl methyl sites for hydroxylation is 1. The molecule has 16 heavy (non-hydrogen) atoms. The molecule has 1 aliphatic heterocycles. The summed E-state index contributed by atoms with van der Waals surface area (Å²) >= 11 is 1.32. The van der Waals surface area contributed by atoms with E-state index in [2.05, 4.69) is 9.69 Å². The number of hydrogen-bond acceptors (Lipinski definition) is 4. The lowest BCUT2D eigenvalue weighted by molar-refractivity contribution is -0.116. The molecule has 1 aliphatic rings. The Morgan fingerprint density at radius 3 is 3.25 bits per heavy atom. The lowest BCUT2D eigenvalue weighted by Gasteiger charge is -2.08. The molecule has 5 heteroatoms. The summed E-state index contributed by atoms with van der Waals surface area (Å²) in [4.78, 5) is 11.6. The average Bonchev–Trinajstić information content (AvgIpc) is 2.87. The van der Waals surface area contributed by atoms with Crippen molar-refractivity contribution in [1.82, 2.24) is 4.37 Å². The van der Waals surface area contributed by atoms with Gasteiger partial charge in [-0.05, 0) is 43.8 Å². The van der Waals surface area contributed by atoms with Gasteiger partial charge in [-0.15, -0.1) is 0 Å². The molecule has 0 aliphatic carbocycles. The number of anilines is 1. The molecule has 1 atom stereocenters. The highest BCUT2D eigenvalue weighted by molar-refractivity contribution is 7.10. The van der Waals surface area contributed by atoms with Crippen LogP contribution >= 0.6 is 11.5 Å². The second kappa shape index (κ2) is 5.41. The largest absolute Gasteiger partial charge is 0.378 e. The van der Waals surface area contributed by atoms with E-state index in [1.165, 1.54) is 11.5 Å². The van der Waals surface area contributed by atoms with Gasteiger partial charge in [-0.1, -0.05) is 0 Å². The van der Waals surface area contributed by atoms with E-state index in [9.17, 15) is 4.79 Å². The summed E-state index contributed by atoms with van der Waals surface area (Å²) in [7, 11) is 0. The molecule has 0 spiro atoms. The van der Waals surface area contributed by atoms with Crippen LogP contribution in [0.15, 0.2) is 6.07 Å². The molecule has 1 fully saturated rings. The fourth-order valence-corrected chi connectivity index (χ4v) is 2.46. The van der Waals surface area contributed by atoms with Crippen molar-refractivity contribution < 1.29 is 9.53 Å². The van der Waals surface area contributed by atoms with Gasteiger partial charge in [0.25, 0.3) is 0 Å². The van der Waals surface area contributed by atoms with Crippen molar-refractivity contribution in [3.05, 3.63) is 11.8 Å². The normalized spacial score (nSPS) is 19.9. The lowest BCUT2D eigenvalue weighted by atomic mass is 10.1. The molecule has 88 valence electrons. The predicted octanol–water partition coefficient (Wildman–Crippen LogP) is 2.35. The van der Waals surface area contributed by atoms with E-state index in [-0.39, 0.29) is 12.0 Å². The highest BCUT2D eigenvalue weighted by atomic mass is 32.1. The maximum Gasteiger partial charge on any atom is 0.225 e. The van der Waals surface area contributed by atoms with Gasteiger partial charge >= 0.3 is 0 Å². The third kappa shape index (κ3) is 3.28. The van der Waals surface area contributed by atoms with Crippen LogP contribution in [0, 0.1) is 6.92 Å². The second-order valence-electron chi connectivity index (χ2n) is 4.05. The molecule has 0 aromatic carbocycles. The molecular weight excluding hydrogens is 224 g/mol. The molecule has 1 aromatic rings. The molecule has 2 rings (SSSR count). The van der Waals surface area contributed by atoms with Crippen molar-refractivity contribution >= 4 is 22.4 Å². The topological polar surface area (TPSA) is 51.2 Å². The SMILES string of the molecule is Cc1cc(NC(=O)CCC2CCCO2)sn1. The summed E-state index contributed by atoms with van der Waals surface area (Å²) in [6.45, 7) is 2.76. The fourth-order valence-electron chi connectivity index (χ4n) is 1.79. The molecule has 1 amide bonds. The van der Waals surface area contributed by atoms with E-state index < -0.39 is 0 Å². The standard InChI is InChI=1S/C11H16N2O2S/c1-8-7-11(16-13-8)12-10(14)5-4-9-3-2-6-15-9/h7,9H,2-6H2,1H3,(H,12,14). The van der Waals surface area contributed by atoms with E-state index in [1.807, 2.05) is 13.0 Å². The number of nitrogens with one attached hydrogen (secondary N) is 1. The number of amides is 1. The molecular formula is C11H16N2O2S. The van der Waals surface area contributed by atoms with Crippen molar-refractivity contribution in [2.75, 3.05) is 11.9 Å². The zero-order chi connectivity index (χ0) is 11.4. The van der Waals surface area contributed by atoms with Crippen molar-refractivity contribution in [1.29, 1.82) is 0 Å². The first-order valence-electron chi connectivity index (χ1n) is 5.59. The van der Waals surface area contributed by atoms with Crippen LogP contribution < -0.4 is 5.32 Å². The van der Waals surface area contributed by atoms with Crippen LogP contribution in [0.3, 0.4) is 0 Å². The second-order valence-corrected chi connectivity index (χ2v) is 4.86. The van der Waals surface area contributed by atoms with E-state index in [4.69, 9.17) is 4.74 Å². The third-order valence-electron chi connectivity index (χ3n) is 2.61. The molecule has 0 saturated carbocycles. The van der Waals surface area contributed by atoms with Crippen LogP contribution in [0.2, 0.25) is 0 Å². The minimum Gasteiger partial charge on any atom is -0.378 e. The molecule has 2 heterocycles. The molecule has 1 saturated heterocycles. The highest BCUT2D eigenvalue weighted by Crippen LogP contribution is 2.19. The summed E-state index contributed by atoms with van der Waals surface area (Å²) in [6.07, 6.45) is 3.85. The van der Waals surface area contributed by atoms with Gasteiger partial charge in [0.15, 0.2) is 0 Å². The Hall–Kier alpha value is -0.940. The maximum atomic E-state index is 11.6. The Morgan fingerprint density at radius 1 is 1.75 bits per heavy atom. The monoisotopic (exact) mass is 240 g/mol. The van der Waals surface area contributed by atoms with E-state index in [0.717, 1.165) is 36.6 Å². The first kappa shape index (κ1) is 11.5. The first-order valence-corrected chi connectivity index (χ1v) is 6.36. The van der Waals surface area contributed by atoms with Crippen LogP contribution in [0.5, 0.6) is 0 Å². The quantitative estimate of drug-likeness (QED) is 0.879. The Morgan fingerprint density at radius 2 is 2.62 bits per heavy atom. The molecule has 0 bridgehead atoms. The Balaban J connectivity index is 1.71. The first-order chi connectivity index (χ1) is 7.74. The fraction of sp³-hybridized carbons (Fsp3) is 0.636. The number of rotatable bonds is 4. The van der Waals surface area contributed by atoms with Gasteiger partial charge in [-0.25, -0.2) is 0 Å². The summed E-state index contributed by atoms with van der Waals surface area (Å²) in [5.41, 5.74) is 0.944. The van der Waals surface area contributed by atoms with Gasteiger partial charge in [0.2, 0.25) is 5.91 Å². The van der Waals surface area contributed by atoms with Gasteiger partial charge < -0.3 is 10.1 Å². The molecule has 1 N–H and O–H groups in total. The van der Waals surface area contributed by atoms with Gasteiger partial charge in [0, 0.05) is 13.0 Å². The number of hydrogen-bond donors (Lipinski definition) is 1. The van der Waals surface area contributed by atoms with Gasteiger partial charge in [-0.2, -0.15) is 4.37 Å².